The maximum absolute atomic E-state index is 12.3. The van der Waals surface area contributed by atoms with Crippen molar-refractivity contribution in [2.75, 3.05) is 18.7 Å². The Morgan fingerprint density at radius 1 is 1.18 bits per heavy atom. The second kappa shape index (κ2) is 7.19. The number of rotatable bonds is 5. The molecule has 0 fully saturated rings. The molecular formula is C21H17NO6. The van der Waals surface area contributed by atoms with Gasteiger partial charge in [0.2, 0.25) is 12.7 Å². The van der Waals surface area contributed by atoms with Crippen LogP contribution in [0, 0.1) is 0 Å². The van der Waals surface area contributed by atoms with Crippen LogP contribution in [0.5, 0.6) is 11.5 Å². The number of hydrogen-bond acceptors (Lipinski definition) is 6. The van der Waals surface area contributed by atoms with Crippen LogP contribution in [0.1, 0.15) is 34.3 Å². The number of carbonyl (C=O) groups excluding carboxylic acids is 3. The van der Waals surface area contributed by atoms with Crippen LogP contribution < -0.4 is 14.8 Å². The van der Waals surface area contributed by atoms with Gasteiger partial charge in [0, 0.05) is 17.3 Å². The average Bonchev–Trinajstić information content (AvgIpc) is 3.28. The molecule has 0 aromatic heterocycles. The molecule has 2 aromatic carbocycles. The number of fused-ring (bicyclic) bond motifs is 2. The van der Waals surface area contributed by atoms with Crippen LogP contribution in [0.3, 0.4) is 0 Å². The molecule has 1 atom stereocenters. The van der Waals surface area contributed by atoms with Crippen LogP contribution in [-0.4, -0.2) is 31.1 Å². The van der Waals surface area contributed by atoms with Gasteiger partial charge < -0.3 is 19.5 Å². The molecule has 2 aromatic rings. The van der Waals surface area contributed by atoms with Crippen LogP contribution >= 0.6 is 0 Å². The zero-order valence-electron chi connectivity index (χ0n) is 15.1. The van der Waals surface area contributed by atoms with E-state index < -0.39 is 5.97 Å². The summed E-state index contributed by atoms with van der Waals surface area (Å²) in [5.74, 6) is -0.0958. The second-order valence-electron chi connectivity index (χ2n) is 6.49. The summed E-state index contributed by atoms with van der Waals surface area (Å²) in [5, 5.41) is 2.75. The van der Waals surface area contributed by atoms with Crippen molar-refractivity contribution in [3.63, 3.8) is 0 Å². The normalized spacial score (nSPS) is 16.8. The van der Waals surface area contributed by atoms with Gasteiger partial charge in [-0.2, -0.15) is 0 Å². The Labute approximate surface area is 160 Å². The molecule has 0 unspecified atom stereocenters. The molecule has 4 rings (SSSR count). The predicted molar refractivity (Wildman–Crippen MR) is 100 cm³/mol. The van der Waals surface area contributed by atoms with Crippen molar-refractivity contribution < 1.29 is 28.6 Å². The zero-order valence-corrected chi connectivity index (χ0v) is 15.1. The van der Waals surface area contributed by atoms with E-state index in [0.29, 0.717) is 22.7 Å². The van der Waals surface area contributed by atoms with E-state index >= 15 is 0 Å². The lowest BCUT2D eigenvalue weighted by molar-refractivity contribution is -0.136. The predicted octanol–water partition coefficient (Wildman–Crippen LogP) is 2.91. The van der Waals surface area contributed by atoms with Crippen molar-refractivity contribution in [1.82, 2.24) is 0 Å². The fourth-order valence-electron chi connectivity index (χ4n) is 3.04. The molecule has 1 N–H and O–H groups in total. The standard InChI is InChI=1S/C21H17NO6/c1-12-15-9-14(4-5-16(15)22-21(12)25)17(23)10-26-20(24)7-3-13-2-6-18-19(8-13)28-11-27-18/h2-9,12H,10-11H2,1H3,(H,22,25)/b7-3+/t12-/m1/s1. The van der Waals surface area contributed by atoms with Gasteiger partial charge in [-0.3, -0.25) is 9.59 Å². The number of benzene rings is 2. The van der Waals surface area contributed by atoms with Crippen molar-refractivity contribution in [2.45, 2.75) is 12.8 Å². The van der Waals surface area contributed by atoms with Gasteiger partial charge in [0.15, 0.2) is 23.9 Å². The molecule has 142 valence electrons. The third-order valence-corrected chi connectivity index (χ3v) is 4.65. The van der Waals surface area contributed by atoms with Crippen LogP contribution in [0.15, 0.2) is 42.5 Å². The maximum Gasteiger partial charge on any atom is 0.331 e. The number of anilines is 1. The third kappa shape index (κ3) is 3.46. The Kier molecular flexibility index (Phi) is 4.57. The molecule has 7 nitrogen and oxygen atoms in total. The number of carbonyl (C=O) groups is 3. The van der Waals surface area contributed by atoms with E-state index in [-0.39, 0.29) is 31.0 Å². The number of esters is 1. The Bertz CT molecular complexity index is 1010. The first kappa shape index (κ1) is 17.8. The lowest BCUT2D eigenvalue weighted by Crippen LogP contribution is -2.13. The molecule has 0 spiro atoms. The molecule has 1 amide bonds. The van der Waals surface area contributed by atoms with E-state index in [1.165, 1.54) is 6.08 Å². The minimum atomic E-state index is -0.627. The minimum absolute atomic E-state index is 0.0975. The Morgan fingerprint density at radius 3 is 2.86 bits per heavy atom. The van der Waals surface area contributed by atoms with Gasteiger partial charge >= 0.3 is 5.97 Å². The smallest absolute Gasteiger partial charge is 0.331 e. The highest BCUT2D eigenvalue weighted by Gasteiger charge is 2.27. The summed E-state index contributed by atoms with van der Waals surface area (Å²) in [5.41, 5.74) is 2.62. The number of amides is 1. The summed E-state index contributed by atoms with van der Waals surface area (Å²) in [6.07, 6.45) is 2.82. The largest absolute Gasteiger partial charge is 0.454 e. The van der Waals surface area contributed by atoms with E-state index in [0.717, 1.165) is 11.1 Å². The SMILES string of the molecule is C[C@H]1C(=O)Nc2ccc(C(=O)COC(=O)/C=C/c3ccc4c(c3)OCO4)cc21. The van der Waals surface area contributed by atoms with Crippen LogP contribution in [0.2, 0.25) is 0 Å². The monoisotopic (exact) mass is 379 g/mol. The Balaban J connectivity index is 1.35. The molecule has 7 heteroatoms. The highest BCUT2D eigenvalue weighted by atomic mass is 16.7. The highest BCUT2D eigenvalue weighted by Crippen LogP contribution is 2.33. The molecule has 0 saturated heterocycles. The van der Waals surface area contributed by atoms with E-state index in [9.17, 15) is 14.4 Å². The first-order valence-corrected chi connectivity index (χ1v) is 8.74. The summed E-state index contributed by atoms with van der Waals surface area (Å²) < 4.78 is 15.5. The van der Waals surface area contributed by atoms with Gasteiger partial charge in [-0.15, -0.1) is 0 Å². The van der Waals surface area contributed by atoms with Gasteiger partial charge in [-0.1, -0.05) is 6.07 Å². The highest BCUT2D eigenvalue weighted by molar-refractivity contribution is 6.05. The summed E-state index contributed by atoms with van der Waals surface area (Å²) >= 11 is 0. The minimum Gasteiger partial charge on any atom is -0.454 e. The number of ether oxygens (including phenoxy) is 3. The van der Waals surface area contributed by atoms with Gasteiger partial charge in [0.05, 0.1) is 5.92 Å². The van der Waals surface area contributed by atoms with Crippen LogP contribution in [0.25, 0.3) is 6.08 Å². The van der Waals surface area contributed by atoms with Crippen molar-refractivity contribution in [2.24, 2.45) is 0 Å². The van der Waals surface area contributed by atoms with Crippen molar-refractivity contribution >= 4 is 29.4 Å². The molecule has 2 aliphatic rings. The van der Waals surface area contributed by atoms with Gasteiger partial charge in [-0.05, 0) is 54.5 Å². The van der Waals surface area contributed by atoms with E-state index in [1.807, 2.05) is 0 Å². The van der Waals surface area contributed by atoms with Crippen molar-refractivity contribution in [3.8, 4) is 11.5 Å². The molecule has 2 heterocycles. The summed E-state index contributed by atoms with van der Waals surface area (Å²) in [4.78, 5) is 35.9. The zero-order chi connectivity index (χ0) is 19.7. The summed E-state index contributed by atoms with van der Waals surface area (Å²) in [7, 11) is 0. The van der Waals surface area contributed by atoms with Crippen molar-refractivity contribution in [1.29, 1.82) is 0 Å². The Morgan fingerprint density at radius 2 is 2.00 bits per heavy atom. The molecule has 0 bridgehead atoms. The lowest BCUT2D eigenvalue weighted by Gasteiger charge is -2.06. The number of ketones is 1. The average molecular weight is 379 g/mol. The van der Waals surface area contributed by atoms with Gasteiger partial charge in [0.1, 0.15) is 0 Å². The first-order valence-electron chi connectivity index (χ1n) is 8.74. The van der Waals surface area contributed by atoms with E-state index in [2.05, 4.69) is 5.32 Å². The molecule has 28 heavy (non-hydrogen) atoms. The van der Waals surface area contributed by atoms with Gasteiger partial charge in [-0.25, -0.2) is 4.79 Å². The number of Topliss-reactive ketones (excluding diaryl/α,β-unsaturated/α-hetero) is 1. The first-order chi connectivity index (χ1) is 13.5. The van der Waals surface area contributed by atoms with E-state index in [4.69, 9.17) is 14.2 Å². The van der Waals surface area contributed by atoms with Crippen LogP contribution in [-0.2, 0) is 14.3 Å². The molecule has 0 radical (unpaired) electrons. The quantitative estimate of drug-likeness (QED) is 0.488. The molecular weight excluding hydrogens is 362 g/mol. The topological polar surface area (TPSA) is 90.9 Å². The molecule has 0 saturated carbocycles. The second-order valence-corrected chi connectivity index (χ2v) is 6.49. The van der Waals surface area contributed by atoms with Gasteiger partial charge in [0.25, 0.3) is 0 Å². The Hall–Kier alpha value is -3.61. The van der Waals surface area contributed by atoms with Crippen molar-refractivity contribution in [3.05, 3.63) is 59.2 Å². The van der Waals surface area contributed by atoms with Crippen LogP contribution in [0.4, 0.5) is 5.69 Å². The summed E-state index contributed by atoms with van der Waals surface area (Å²) in [6, 6.07) is 10.2. The maximum atomic E-state index is 12.3. The summed E-state index contributed by atoms with van der Waals surface area (Å²) in [6.45, 7) is 1.58. The lowest BCUT2D eigenvalue weighted by atomic mass is 9.99. The molecule has 2 aliphatic heterocycles. The fourth-order valence-corrected chi connectivity index (χ4v) is 3.04. The third-order valence-electron chi connectivity index (χ3n) is 4.65. The number of hydrogen-bond donors (Lipinski definition) is 1. The molecule has 0 aliphatic carbocycles. The fraction of sp³-hybridized carbons (Fsp3) is 0.190. The van der Waals surface area contributed by atoms with E-state index in [1.54, 1.807) is 49.4 Å². The number of nitrogens with one attached hydrogen (secondary N) is 1.